The summed E-state index contributed by atoms with van der Waals surface area (Å²) in [4.78, 5) is 139. The van der Waals surface area contributed by atoms with Gasteiger partial charge in [-0.2, -0.15) is 0 Å². The van der Waals surface area contributed by atoms with Crippen LogP contribution in [0.2, 0.25) is 0 Å². The summed E-state index contributed by atoms with van der Waals surface area (Å²) in [6.45, 7) is 25.7. The molecular weight excluding hydrogens is 1720 g/mol. The lowest BCUT2D eigenvalue weighted by atomic mass is 9.99. The number of anilines is 3. The van der Waals surface area contributed by atoms with E-state index < -0.39 is 18.1 Å². The molecule has 3 fully saturated rings. The van der Waals surface area contributed by atoms with Crippen molar-refractivity contribution in [1.82, 2.24) is 45.3 Å². The molecule has 3 N–H and O–H groups in total. The number of hydrogen-bond acceptors (Lipinski definition) is 22. The first kappa shape index (κ1) is 100. The number of fused-ring (bicyclic) bond motifs is 3. The monoisotopic (exact) mass is 1850 g/mol. The van der Waals surface area contributed by atoms with Gasteiger partial charge >= 0.3 is 0 Å². The first-order valence-corrected chi connectivity index (χ1v) is 47.7. The van der Waals surface area contributed by atoms with Crippen molar-refractivity contribution in [3.05, 3.63) is 267 Å². The average Bonchev–Trinajstić information content (AvgIpc) is 1.60. The minimum Gasteiger partial charge on any atom is -0.493 e. The van der Waals surface area contributed by atoms with Gasteiger partial charge < -0.3 is 63.8 Å². The number of carbonyl (C=O) groups excluding carboxylic acids is 9. The normalized spacial score (nSPS) is 16.4. The number of nitrogens with zero attached hydrogens (tertiary/aromatic N) is 9. The van der Waals surface area contributed by atoms with E-state index >= 15 is 0 Å². The maximum atomic E-state index is 14.3. The van der Waals surface area contributed by atoms with E-state index in [1.54, 1.807) is 79.1 Å². The first-order chi connectivity index (χ1) is 66.0. The molecule has 6 aliphatic heterocycles. The number of carbonyl (C=O) groups is 9. The van der Waals surface area contributed by atoms with E-state index in [0.717, 1.165) is 112 Å². The highest BCUT2D eigenvalue weighted by atomic mass is 16.5. The molecule has 0 radical (unpaired) electrons. The minimum absolute atomic E-state index is 0.00120. The predicted octanol–water partition coefficient (Wildman–Crippen LogP) is 16.0. The Kier molecular flexibility index (Phi) is 35.3. The molecule has 0 aliphatic carbocycles. The Morgan fingerprint density at radius 1 is 0.316 bits per heavy atom. The standard InChI is InChI=1S/C37H46N4O5.C36H44N4O6.C35H42N4O5/c1-25(2)23-34(42)38-18-10-15-30(28-16-17-32(45-4)33(24-28)46-5)41-36(43)29-13-9-14-31(35(29)37(41)44)40-21-19-39(20-22-40)26(3)27-11-7-6-8-12-27;1-5-46-24-33(41)37-18-10-15-29(27-16-17-31(44-3)32(23-27)45-4)40-35(42)28-13-9-14-30(34(28)36(40)43)39-21-19-38(20-22-39)25(2)26-11-7-6-8-12-26;1-5-32(40)36-18-10-15-28(26-16-17-30(43-3)31(23-26)44-4)39-34(41)27-13-9-14-29(33(27)35(39)42)38-21-19-37(20-22-38)24(2)25-11-7-6-8-12-25/h6-9,11-14,16-17,24-26,30H,10,15,18-23H2,1-5H3,(H,38,42);6-9,11-14,16-17,23,25,29H,5,10,15,18-22,24H2,1-4H3,(H,37,41);6-9,11-14,16-17,23-24,28H,5,10,15,18-22H2,1-4H3,(H,36,40)/t26-,30-;25-,29-;24-,28-/m111/s1. The van der Waals surface area contributed by atoms with Crippen molar-refractivity contribution in [2.45, 2.75) is 136 Å². The quantitative estimate of drug-likeness (QED) is 0.0238. The topological polar surface area (TPSA) is 283 Å². The van der Waals surface area contributed by atoms with Crippen LogP contribution in [-0.2, 0) is 19.1 Å². The molecule has 6 aliphatic rings. The lowest BCUT2D eigenvalue weighted by molar-refractivity contribution is -0.125. The molecule has 9 aromatic rings. The highest BCUT2D eigenvalue weighted by molar-refractivity contribution is 6.26. The number of ether oxygens (including phenoxy) is 7. The summed E-state index contributed by atoms with van der Waals surface area (Å²) in [7, 11) is 9.38. The van der Waals surface area contributed by atoms with Crippen LogP contribution in [0, 0.1) is 5.92 Å². The second-order valence-electron chi connectivity index (χ2n) is 35.3. The van der Waals surface area contributed by atoms with E-state index in [1.807, 2.05) is 119 Å². The van der Waals surface area contributed by atoms with Crippen LogP contribution in [0.1, 0.15) is 232 Å². The smallest absolute Gasteiger partial charge is 0.264 e. The van der Waals surface area contributed by atoms with Gasteiger partial charge in [-0.25, -0.2) is 0 Å². The lowest BCUT2D eigenvalue weighted by Gasteiger charge is -2.39. The van der Waals surface area contributed by atoms with Crippen molar-refractivity contribution in [3.63, 3.8) is 0 Å². The highest BCUT2D eigenvalue weighted by Crippen LogP contribution is 2.46. The van der Waals surface area contributed by atoms with E-state index in [1.165, 1.54) is 31.4 Å². The van der Waals surface area contributed by atoms with Crippen LogP contribution >= 0.6 is 0 Å². The number of amides is 9. The number of hydrogen-bond donors (Lipinski definition) is 3. The van der Waals surface area contributed by atoms with Crippen molar-refractivity contribution in [2.24, 2.45) is 5.92 Å². The third-order valence-electron chi connectivity index (χ3n) is 26.8. The van der Waals surface area contributed by atoms with Crippen LogP contribution in [0.25, 0.3) is 0 Å². The molecule has 6 heterocycles. The van der Waals surface area contributed by atoms with Gasteiger partial charge in [-0.3, -0.25) is 72.6 Å². The second-order valence-corrected chi connectivity index (χ2v) is 35.3. The average molecular weight is 1850 g/mol. The fourth-order valence-corrected chi connectivity index (χ4v) is 19.3. The fourth-order valence-electron chi connectivity index (χ4n) is 19.3. The largest absolute Gasteiger partial charge is 0.493 e. The van der Waals surface area contributed by atoms with Crippen LogP contribution in [-0.4, -0.2) is 237 Å². The van der Waals surface area contributed by atoms with Crippen molar-refractivity contribution >= 4 is 70.2 Å². The highest BCUT2D eigenvalue weighted by Gasteiger charge is 2.47. The Hall–Kier alpha value is -13.2. The van der Waals surface area contributed by atoms with Crippen LogP contribution in [0.4, 0.5) is 17.1 Å². The Morgan fingerprint density at radius 2 is 0.603 bits per heavy atom. The van der Waals surface area contributed by atoms with E-state index in [4.69, 9.17) is 33.2 Å². The van der Waals surface area contributed by atoms with E-state index in [9.17, 15) is 43.2 Å². The molecule has 136 heavy (non-hydrogen) atoms. The Labute approximate surface area is 799 Å². The molecule has 0 spiro atoms. The van der Waals surface area contributed by atoms with Gasteiger partial charge in [0, 0.05) is 136 Å². The number of piperazine rings is 3. The molecule has 0 unspecified atom stereocenters. The predicted molar refractivity (Wildman–Crippen MR) is 527 cm³/mol. The van der Waals surface area contributed by atoms with E-state index in [-0.39, 0.29) is 71.7 Å². The summed E-state index contributed by atoms with van der Waals surface area (Å²) < 4.78 is 38.2. The van der Waals surface area contributed by atoms with Gasteiger partial charge in [0.2, 0.25) is 17.7 Å². The molecule has 15 rings (SSSR count). The molecule has 3 saturated heterocycles. The summed E-state index contributed by atoms with van der Waals surface area (Å²) in [6.07, 6.45) is 3.99. The lowest BCUT2D eigenvalue weighted by Crippen LogP contribution is -2.47. The minimum atomic E-state index is -0.576. The molecule has 6 atom stereocenters. The van der Waals surface area contributed by atoms with E-state index in [2.05, 4.69) is 139 Å². The Balaban J connectivity index is 0.000000173. The third kappa shape index (κ3) is 23.3. The zero-order chi connectivity index (χ0) is 96.6. The van der Waals surface area contributed by atoms with Gasteiger partial charge in [0.25, 0.3) is 35.4 Å². The van der Waals surface area contributed by atoms with E-state index in [0.29, 0.717) is 158 Å². The molecule has 28 heteroatoms. The number of methoxy groups -OCH3 is 6. The Bertz CT molecular complexity index is 5630. The van der Waals surface area contributed by atoms with Crippen LogP contribution in [0.3, 0.4) is 0 Å². The van der Waals surface area contributed by atoms with Crippen molar-refractivity contribution in [2.75, 3.05) is 169 Å². The summed E-state index contributed by atoms with van der Waals surface area (Å²) in [5.74, 6) is 1.45. The SMILES string of the molecule is CCC(=O)NCCC[C@H](c1ccc(OC)c(OC)c1)N1C(=O)c2cccc(N3CCN([C@H](C)c4ccccc4)CC3)c2C1=O.CCOCC(=O)NCCC[C@H](c1ccc(OC)c(OC)c1)N1C(=O)c2cccc(N3CCN([C@H](C)c4ccccc4)CC3)c2C1=O.COc1ccc([C@@H](CCCNC(=O)CC(C)C)N2C(=O)c3cccc(N4CCN([C@H](C)c5ccccc5)CC4)c3C2=O)cc1OC. The molecule has 0 aromatic heterocycles. The van der Waals surface area contributed by atoms with Gasteiger partial charge in [0.15, 0.2) is 34.5 Å². The molecule has 0 bridgehead atoms. The first-order valence-electron chi connectivity index (χ1n) is 47.7. The van der Waals surface area contributed by atoms with Crippen molar-refractivity contribution in [1.29, 1.82) is 0 Å². The number of rotatable bonds is 39. The van der Waals surface area contributed by atoms with Gasteiger partial charge in [0.05, 0.1) is 111 Å². The second kappa shape index (κ2) is 47.8. The fraction of sp³-hybridized carbons (Fsp3) is 0.417. The van der Waals surface area contributed by atoms with Gasteiger partial charge in [-0.05, 0) is 178 Å². The number of nitrogens with one attached hydrogen (secondary N) is 3. The van der Waals surface area contributed by atoms with Gasteiger partial charge in [0.1, 0.15) is 6.61 Å². The summed E-state index contributed by atoms with van der Waals surface area (Å²) in [5.41, 5.74) is 11.2. The molecule has 720 valence electrons. The zero-order valence-electron chi connectivity index (χ0n) is 80.8. The maximum Gasteiger partial charge on any atom is 0.264 e. The van der Waals surface area contributed by atoms with Gasteiger partial charge in [-0.1, -0.05) is 148 Å². The summed E-state index contributed by atoms with van der Waals surface area (Å²) >= 11 is 0. The van der Waals surface area contributed by atoms with Crippen molar-refractivity contribution < 1.29 is 76.3 Å². The van der Waals surface area contributed by atoms with Crippen molar-refractivity contribution in [3.8, 4) is 34.5 Å². The zero-order valence-corrected chi connectivity index (χ0v) is 80.8. The summed E-state index contributed by atoms with van der Waals surface area (Å²) in [6, 6.07) is 63.8. The summed E-state index contributed by atoms with van der Waals surface area (Å²) in [5, 5.41) is 8.75. The molecule has 0 saturated carbocycles. The van der Waals surface area contributed by atoms with Crippen LogP contribution < -0.4 is 59.1 Å². The van der Waals surface area contributed by atoms with Crippen LogP contribution in [0.5, 0.6) is 34.5 Å². The maximum absolute atomic E-state index is 14.3. The molecular formula is C108H132N12O16. The third-order valence-corrected chi connectivity index (χ3v) is 26.8. The molecule has 9 amide bonds. The Morgan fingerprint density at radius 3 is 0.875 bits per heavy atom. The molecule has 9 aromatic carbocycles. The number of imide groups is 3. The van der Waals surface area contributed by atoms with Crippen LogP contribution in [0.15, 0.2) is 200 Å². The molecule has 28 nitrogen and oxygen atoms in total. The number of benzene rings is 9. The van der Waals surface area contributed by atoms with Gasteiger partial charge in [-0.15, -0.1) is 0 Å².